The minimum absolute atomic E-state index is 0.0752. The largest absolute Gasteiger partial charge is 0.460 e. The van der Waals surface area contributed by atoms with E-state index in [9.17, 15) is 24.9 Å². The average molecular weight is 547 g/mol. The molecule has 1 saturated heterocycles. The molecule has 6 aliphatic rings. The summed E-state index contributed by atoms with van der Waals surface area (Å²) in [6, 6.07) is 0. The van der Waals surface area contributed by atoms with Crippen molar-refractivity contribution in [1.29, 1.82) is 0 Å². The molecule has 1 aliphatic heterocycles. The fraction of sp³-hybridized carbons (Fsp3) is 0.938. The summed E-state index contributed by atoms with van der Waals surface area (Å²) in [6.45, 7) is 16.0. The molecule has 1 unspecified atom stereocenters. The minimum atomic E-state index is -1.14. The number of ether oxygens (including phenoxy) is 2. The number of rotatable bonds is 5. The Labute approximate surface area is 233 Å². The molecule has 0 radical (unpaired) electrons. The van der Waals surface area contributed by atoms with Crippen molar-refractivity contribution in [2.45, 2.75) is 136 Å². The van der Waals surface area contributed by atoms with Gasteiger partial charge in [-0.1, -0.05) is 34.6 Å². The van der Waals surface area contributed by atoms with Crippen molar-refractivity contribution in [2.75, 3.05) is 0 Å². The molecule has 5 saturated carbocycles. The van der Waals surface area contributed by atoms with Gasteiger partial charge in [0, 0.05) is 18.3 Å². The number of aliphatic hydroxyl groups excluding tert-OH is 3. The standard InChI is InChI=1S/C32H50O7/c1-16(13-19(38-17(2)33)26-28(5,6)39-26)22-23(36)25(37)30(8)24-18(34)14-20-27(3,4)21(35)9-10-31(20)15-32(24,31)12-11-29(22,30)7/h16,18-22,24-26,34-35,37H,9-15H2,1-8H3/t16-,18+,19-,20?,21+,22+,24+,25+,26+,29-,30-,31-,32+/m1/s1. The van der Waals surface area contributed by atoms with Crippen LogP contribution in [0.2, 0.25) is 0 Å². The summed E-state index contributed by atoms with van der Waals surface area (Å²) in [6.07, 6.45) is 2.89. The summed E-state index contributed by atoms with van der Waals surface area (Å²) in [5, 5.41) is 34.6. The lowest BCUT2D eigenvalue weighted by atomic mass is 9.40. The molecule has 1 heterocycles. The Morgan fingerprint density at radius 2 is 1.69 bits per heavy atom. The lowest BCUT2D eigenvalue weighted by Gasteiger charge is -2.64. The van der Waals surface area contributed by atoms with Crippen LogP contribution in [-0.2, 0) is 19.1 Å². The number of carbonyl (C=O) groups is 2. The number of hydrogen-bond donors (Lipinski definition) is 3. The highest BCUT2D eigenvalue weighted by Crippen LogP contribution is 2.88. The molecule has 0 bridgehead atoms. The predicted octanol–water partition coefficient (Wildman–Crippen LogP) is 4.04. The molecule has 5 aliphatic carbocycles. The van der Waals surface area contributed by atoms with Crippen LogP contribution in [0.1, 0.15) is 100 Å². The molecule has 7 nitrogen and oxygen atoms in total. The normalized spacial score (nSPS) is 53.9. The summed E-state index contributed by atoms with van der Waals surface area (Å²) in [5.74, 6) is -0.904. The number of carbonyl (C=O) groups excluding carboxylic acids is 2. The fourth-order valence-electron chi connectivity index (χ4n) is 11.9. The molecule has 2 spiro atoms. The molecule has 0 aromatic heterocycles. The molecular formula is C32H50O7. The predicted molar refractivity (Wildman–Crippen MR) is 144 cm³/mol. The quantitative estimate of drug-likeness (QED) is 0.352. The summed E-state index contributed by atoms with van der Waals surface area (Å²) in [5.41, 5.74) is -1.87. The van der Waals surface area contributed by atoms with Crippen molar-refractivity contribution < 1.29 is 34.4 Å². The van der Waals surface area contributed by atoms with Gasteiger partial charge >= 0.3 is 5.97 Å². The van der Waals surface area contributed by atoms with E-state index in [1.165, 1.54) is 6.92 Å². The highest BCUT2D eigenvalue weighted by Gasteiger charge is 2.86. The van der Waals surface area contributed by atoms with E-state index < -0.39 is 29.1 Å². The second kappa shape index (κ2) is 8.08. The van der Waals surface area contributed by atoms with Gasteiger partial charge in [-0.05, 0) is 98.2 Å². The number of Topliss-reactive ketones (excluding diaryl/α,β-unsaturated/α-hetero) is 1. The maximum absolute atomic E-state index is 14.1. The van der Waals surface area contributed by atoms with Crippen molar-refractivity contribution in [3.05, 3.63) is 0 Å². The second-order valence-corrected chi connectivity index (χ2v) is 16.2. The molecular weight excluding hydrogens is 496 g/mol. The van der Waals surface area contributed by atoms with Crippen LogP contribution in [0.15, 0.2) is 0 Å². The second-order valence-electron chi connectivity index (χ2n) is 16.2. The van der Waals surface area contributed by atoms with Crippen molar-refractivity contribution >= 4 is 11.8 Å². The zero-order valence-corrected chi connectivity index (χ0v) is 25.1. The van der Waals surface area contributed by atoms with Gasteiger partial charge in [0.05, 0.1) is 17.8 Å². The number of epoxide rings is 1. The average Bonchev–Trinajstić information content (AvgIpc) is 3.67. The van der Waals surface area contributed by atoms with Crippen LogP contribution in [0.25, 0.3) is 0 Å². The monoisotopic (exact) mass is 546 g/mol. The van der Waals surface area contributed by atoms with Gasteiger partial charge in [0.25, 0.3) is 0 Å². The summed E-state index contributed by atoms with van der Waals surface area (Å²) in [4.78, 5) is 26.0. The van der Waals surface area contributed by atoms with Crippen LogP contribution < -0.4 is 0 Å². The smallest absolute Gasteiger partial charge is 0.302 e. The van der Waals surface area contributed by atoms with Gasteiger partial charge in [0.1, 0.15) is 18.3 Å². The van der Waals surface area contributed by atoms with Gasteiger partial charge in [-0.3, -0.25) is 9.59 Å². The number of fused-ring (bicyclic) bond motifs is 2. The van der Waals surface area contributed by atoms with E-state index in [0.29, 0.717) is 12.8 Å². The zero-order valence-electron chi connectivity index (χ0n) is 25.1. The van der Waals surface area contributed by atoms with Gasteiger partial charge in [-0.25, -0.2) is 0 Å². The highest BCUT2D eigenvalue weighted by atomic mass is 16.6. The highest BCUT2D eigenvalue weighted by molar-refractivity contribution is 5.90. The Hall–Kier alpha value is -1.02. The van der Waals surface area contributed by atoms with Gasteiger partial charge < -0.3 is 24.8 Å². The summed E-state index contributed by atoms with van der Waals surface area (Å²) >= 11 is 0. The van der Waals surface area contributed by atoms with Crippen molar-refractivity contribution in [3.8, 4) is 0 Å². The van der Waals surface area contributed by atoms with Crippen molar-refractivity contribution in [3.63, 3.8) is 0 Å². The fourth-order valence-corrected chi connectivity index (χ4v) is 11.9. The molecule has 39 heavy (non-hydrogen) atoms. The number of aliphatic hydroxyl groups is 3. The Morgan fingerprint density at radius 3 is 2.28 bits per heavy atom. The maximum Gasteiger partial charge on any atom is 0.302 e. The topological polar surface area (TPSA) is 117 Å². The van der Waals surface area contributed by atoms with Crippen LogP contribution in [0.3, 0.4) is 0 Å². The molecule has 220 valence electrons. The van der Waals surface area contributed by atoms with Crippen LogP contribution in [0, 0.1) is 50.7 Å². The van der Waals surface area contributed by atoms with Gasteiger partial charge in [0.2, 0.25) is 0 Å². The zero-order chi connectivity index (χ0) is 28.7. The third kappa shape index (κ3) is 3.31. The van der Waals surface area contributed by atoms with Crippen molar-refractivity contribution in [2.24, 2.45) is 50.7 Å². The van der Waals surface area contributed by atoms with Crippen LogP contribution in [0.4, 0.5) is 0 Å². The third-order valence-electron chi connectivity index (χ3n) is 13.9. The maximum atomic E-state index is 14.1. The van der Waals surface area contributed by atoms with E-state index >= 15 is 0 Å². The summed E-state index contributed by atoms with van der Waals surface area (Å²) < 4.78 is 11.6. The molecule has 0 aromatic carbocycles. The van der Waals surface area contributed by atoms with Crippen LogP contribution in [0.5, 0.6) is 0 Å². The minimum Gasteiger partial charge on any atom is -0.460 e. The lowest BCUT2D eigenvalue weighted by Crippen LogP contribution is -2.63. The first-order valence-corrected chi connectivity index (χ1v) is 15.3. The first-order chi connectivity index (χ1) is 17.9. The summed E-state index contributed by atoms with van der Waals surface area (Å²) in [7, 11) is 0. The third-order valence-corrected chi connectivity index (χ3v) is 13.9. The van der Waals surface area contributed by atoms with Crippen molar-refractivity contribution in [1.82, 2.24) is 0 Å². The van der Waals surface area contributed by atoms with E-state index in [2.05, 4.69) is 34.6 Å². The van der Waals surface area contributed by atoms with Crippen LogP contribution in [-0.4, -0.2) is 63.2 Å². The van der Waals surface area contributed by atoms with Gasteiger partial charge in [-0.15, -0.1) is 0 Å². The van der Waals surface area contributed by atoms with Crippen LogP contribution >= 0.6 is 0 Å². The molecule has 0 aromatic rings. The van der Waals surface area contributed by atoms with E-state index in [1.54, 1.807) is 0 Å². The number of hydrogen-bond acceptors (Lipinski definition) is 7. The van der Waals surface area contributed by atoms with E-state index in [1.807, 2.05) is 13.8 Å². The Bertz CT molecular complexity index is 1080. The Balaban J connectivity index is 1.33. The van der Waals surface area contributed by atoms with E-state index in [4.69, 9.17) is 9.47 Å². The molecule has 7 heteroatoms. The molecule has 13 atom stereocenters. The van der Waals surface area contributed by atoms with Gasteiger partial charge in [0.15, 0.2) is 5.78 Å². The number of ketones is 1. The first-order valence-electron chi connectivity index (χ1n) is 15.3. The Kier molecular flexibility index (Phi) is 5.82. The molecule has 3 N–H and O–H groups in total. The molecule has 6 fully saturated rings. The lowest BCUT2D eigenvalue weighted by molar-refractivity contribution is -0.218. The van der Waals surface area contributed by atoms with E-state index in [-0.39, 0.29) is 69.5 Å². The molecule has 6 rings (SSSR count). The van der Waals surface area contributed by atoms with Gasteiger partial charge in [-0.2, -0.15) is 0 Å². The Morgan fingerprint density at radius 1 is 1.05 bits per heavy atom. The first kappa shape index (κ1) is 28.1. The van der Waals surface area contributed by atoms with E-state index in [0.717, 1.165) is 32.1 Å². The number of esters is 1. The SMILES string of the molecule is CC(=O)O[C@H](C[C@@H](C)[C@H]1C(=O)[C@H](O)[C@@]2(C)[C@@H]3[C@@H](O)CC4C(C)(C)[C@@H](O)CC[C@@]45C[C@@]35CC[C@]12C)[C@@H]1OC1(C)C. The molecule has 0 amide bonds.